The topological polar surface area (TPSA) is 132 Å². The third kappa shape index (κ3) is 9.15. The van der Waals surface area contributed by atoms with E-state index in [4.69, 9.17) is 51.6 Å². The fourth-order valence-electron chi connectivity index (χ4n) is 3.46. The van der Waals surface area contributed by atoms with Crippen LogP contribution in [0.5, 0.6) is 17.2 Å². The lowest BCUT2D eigenvalue weighted by atomic mass is 10.1. The van der Waals surface area contributed by atoms with Crippen LogP contribution in [-0.4, -0.2) is 68.2 Å². The number of hydrogen-bond donors (Lipinski definition) is 1. The summed E-state index contributed by atoms with van der Waals surface area (Å²) in [5.74, 6) is -1.59. The van der Waals surface area contributed by atoms with Gasteiger partial charge >= 0.3 is 11.9 Å². The zero-order chi connectivity index (χ0) is 29.1. The van der Waals surface area contributed by atoms with E-state index in [1.807, 2.05) is 6.92 Å². The molecule has 0 bridgehead atoms. The molecular formula is C26H32Cl2N2O9. The Bertz CT molecular complexity index is 1140. The van der Waals surface area contributed by atoms with Gasteiger partial charge in [-0.15, -0.1) is 0 Å². The number of pyridine rings is 1. The predicted octanol–water partition coefficient (Wildman–Crippen LogP) is 4.22. The van der Waals surface area contributed by atoms with Crippen LogP contribution in [0.2, 0.25) is 10.0 Å². The molecule has 11 nitrogen and oxygen atoms in total. The number of carbonyl (C=O) groups is 3. The molecule has 0 saturated heterocycles. The van der Waals surface area contributed by atoms with Crippen LogP contribution < -0.4 is 19.5 Å². The van der Waals surface area contributed by atoms with Crippen molar-refractivity contribution in [3.8, 4) is 17.2 Å². The summed E-state index contributed by atoms with van der Waals surface area (Å²) in [6.45, 7) is 5.73. The number of amides is 1. The molecule has 0 radical (unpaired) electrons. The predicted molar refractivity (Wildman–Crippen MR) is 142 cm³/mol. The van der Waals surface area contributed by atoms with Gasteiger partial charge in [-0.3, -0.25) is 9.59 Å². The summed E-state index contributed by atoms with van der Waals surface area (Å²) in [6, 6.07) is 5.15. The highest BCUT2D eigenvalue weighted by Gasteiger charge is 2.33. The van der Waals surface area contributed by atoms with E-state index in [1.165, 1.54) is 46.4 Å². The molecule has 13 heteroatoms. The average Bonchev–Trinajstić information content (AvgIpc) is 2.89. The summed E-state index contributed by atoms with van der Waals surface area (Å²) in [5.41, 5.74) is -0.182. The van der Waals surface area contributed by atoms with Crippen LogP contribution in [-0.2, 0) is 23.8 Å². The van der Waals surface area contributed by atoms with Gasteiger partial charge in [0.25, 0.3) is 5.91 Å². The summed E-state index contributed by atoms with van der Waals surface area (Å²) in [7, 11) is 2.89. The molecule has 0 aliphatic carbocycles. The van der Waals surface area contributed by atoms with Gasteiger partial charge in [0.05, 0.1) is 18.2 Å². The van der Waals surface area contributed by atoms with Crippen LogP contribution in [0, 0.1) is 0 Å². The maximum Gasteiger partial charge on any atom is 0.328 e. The number of esters is 2. The number of nitrogens with zero attached hydrogens (tertiary/aromatic N) is 1. The number of aromatic nitrogens is 1. The number of halogens is 2. The quantitative estimate of drug-likeness (QED) is 0.253. The van der Waals surface area contributed by atoms with Crippen molar-refractivity contribution in [1.29, 1.82) is 0 Å². The molecule has 1 aromatic carbocycles. The van der Waals surface area contributed by atoms with Gasteiger partial charge in [0, 0.05) is 31.3 Å². The van der Waals surface area contributed by atoms with E-state index in [9.17, 15) is 14.4 Å². The number of rotatable bonds is 14. The molecule has 0 aliphatic heterocycles. The minimum absolute atomic E-state index is 0.0631. The van der Waals surface area contributed by atoms with Gasteiger partial charge in [0.1, 0.15) is 17.9 Å². The van der Waals surface area contributed by atoms with E-state index >= 15 is 0 Å². The Morgan fingerprint density at radius 3 is 2.38 bits per heavy atom. The molecule has 0 unspecified atom stereocenters. The van der Waals surface area contributed by atoms with Gasteiger partial charge in [-0.2, -0.15) is 0 Å². The van der Waals surface area contributed by atoms with Crippen molar-refractivity contribution in [3.63, 3.8) is 0 Å². The Labute approximate surface area is 237 Å². The fourth-order valence-corrected chi connectivity index (χ4v) is 3.92. The molecule has 0 fully saturated rings. The first kappa shape index (κ1) is 31.9. The molecule has 4 atom stereocenters. The van der Waals surface area contributed by atoms with Crippen LogP contribution in [0.4, 0.5) is 0 Å². The van der Waals surface area contributed by atoms with Crippen LogP contribution in [0.15, 0.2) is 30.5 Å². The zero-order valence-electron chi connectivity index (χ0n) is 22.5. The largest absolute Gasteiger partial charge is 0.493 e. The molecule has 39 heavy (non-hydrogen) atoms. The van der Waals surface area contributed by atoms with Crippen LogP contribution in [0.1, 0.15) is 44.6 Å². The molecular weight excluding hydrogens is 555 g/mol. The third-order valence-corrected chi connectivity index (χ3v) is 5.99. The van der Waals surface area contributed by atoms with Crippen molar-refractivity contribution in [2.45, 2.75) is 58.5 Å². The van der Waals surface area contributed by atoms with Crippen molar-refractivity contribution in [2.24, 2.45) is 0 Å². The van der Waals surface area contributed by atoms with E-state index in [0.29, 0.717) is 17.2 Å². The Morgan fingerprint density at radius 2 is 1.79 bits per heavy atom. The second-order valence-electron chi connectivity index (χ2n) is 8.27. The minimum Gasteiger partial charge on any atom is -0.493 e. The molecule has 2 aromatic rings. The summed E-state index contributed by atoms with van der Waals surface area (Å²) in [5, 5.41) is 3.26. The average molecular weight is 587 g/mol. The first-order chi connectivity index (χ1) is 18.5. The van der Waals surface area contributed by atoms with E-state index in [0.717, 1.165) is 0 Å². The van der Waals surface area contributed by atoms with Crippen LogP contribution >= 0.6 is 23.2 Å². The first-order valence-electron chi connectivity index (χ1n) is 12.0. The number of carbonyl (C=O) groups excluding carboxylic acids is 3. The molecule has 1 N–H and O–H groups in total. The van der Waals surface area contributed by atoms with E-state index in [1.54, 1.807) is 19.1 Å². The highest BCUT2D eigenvalue weighted by Crippen LogP contribution is 2.31. The molecule has 1 amide bonds. The van der Waals surface area contributed by atoms with Crippen LogP contribution in [0.3, 0.4) is 0 Å². The lowest BCUT2D eigenvalue weighted by Crippen LogP contribution is -2.47. The van der Waals surface area contributed by atoms with E-state index in [2.05, 4.69) is 10.3 Å². The van der Waals surface area contributed by atoms with Crippen LogP contribution in [0.25, 0.3) is 0 Å². The number of ether oxygens (including phenoxy) is 6. The maximum atomic E-state index is 13.0. The normalized spacial score (nSPS) is 13.8. The smallest absolute Gasteiger partial charge is 0.328 e. The zero-order valence-corrected chi connectivity index (χ0v) is 24.0. The number of methoxy groups -OCH3 is 2. The first-order valence-corrected chi connectivity index (χ1v) is 12.7. The molecule has 2 rings (SSSR count). The van der Waals surface area contributed by atoms with Crippen molar-refractivity contribution in [2.75, 3.05) is 21.0 Å². The molecule has 214 valence electrons. The lowest BCUT2D eigenvalue weighted by molar-refractivity contribution is -0.159. The summed E-state index contributed by atoms with van der Waals surface area (Å²) >= 11 is 12.2. The summed E-state index contributed by atoms with van der Waals surface area (Å²) < 4.78 is 32.6. The van der Waals surface area contributed by atoms with Crippen molar-refractivity contribution >= 4 is 41.0 Å². The number of benzene rings is 1. The monoisotopic (exact) mass is 586 g/mol. The molecule has 1 heterocycles. The molecule has 0 aliphatic rings. The number of hydrogen-bond acceptors (Lipinski definition) is 10. The van der Waals surface area contributed by atoms with Gasteiger partial charge < -0.3 is 33.7 Å². The lowest BCUT2D eigenvalue weighted by Gasteiger charge is -2.31. The SMILES string of the molecule is CC[C@H](OC)[C@@H](Oc1ccc(Cl)cc1Cl)[C@H](C)OC(=O)[C@H](C)NC(=O)c1nccc(OC)c1OCOC(C)=O. The highest BCUT2D eigenvalue weighted by atomic mass is 35.5. The summed E-state index contributed by atoms with van der Waals surface area (Å²) in [4.78, 5) is 41.0. The standard InChI is InChI=1S/C26H32Cl2N2O9/c1-7-19(34-5)23(39-20-9-8-17(27)12-18(20)28)15(3)38-26(33)14(2)30-25(32)22-24(37-13-36-16(4)31)21(35-6)10-11-29-22/h8-12,14-15,19,23H,7,13H2,1-6H3,(H,30,32)/t14-,15-,19-,23-/m0/s1. The van der Waals surface area contributed by atoms with Crippen molar-refractivity contribution < 1.29 is 42.8 Å². The minimum atomic E-state index is -1.09. The van der Waals surface area contributed by atoms with Gasteiger partial charge in [-0.1, -0.05) is 30.1 Å². The van der Waals surface area contributed by atoms with Crippen molar-refractivity contribution in [3.05, 3.63) is 46.2 Å². The third-order valence-electron chi connectivity index (χ3n) is 5.46. The van der Waals surface area contributed by atoms with Gasteiger partial charge in [0.15, 0.2) is 23.3 Å². The Morgan fingerprint density at radius 1 is 1.08 bits per heavy atom. The van der Waals surface area contributed by atoms with Gasteiger partial charge in [0.2, 0.25) is 6.79 Å². The van der Waals surface area contributed by atoms with Gasteiger partial charge in [-0.05, 0) is 38.5 Å². The second-order valence-corrected chi connectivity index (χ2v) is 9.11. The van der Waals surface area contributed by atoms with E-state index < -0.39 is 49.0 Å². The number of nitrogens with one attached hydrogen (secondary N) is 1. The molecule has 0 saturated carbocycles. The maximum absolute atomic E-state index is 13.0. The fraction of sp³-hybridized carbons (Fsp3) is 0.462. The second kappa shape index (κ2) is 15.3. The highest BCUT2D eigenvalue weighted by molar-refractivity contribution is 6.35. The van der Waals surface area contributed by atoms with Crippen molar-refractivity contribution in [1.82, 2.24) is 10.3 Å². The Kier molecular flexibility index (Phi) is 12.6. The van der Waals surface area contributed by atoms with Gasteiger partial charge in [-0.25, -0.2) is 9.78 Å². The summed E-state index contributed by atoms with van der Waals surface area (Å²) in [6.07, 6.45) is -0.0879. The Hall–Kier alpha value is -3.28. The van der Waals surface area contributed by atoms with E-state index in [-0.39, 0.29) is 22.2 Å². The Balaban J connectivity index is 2.15. The molecule has 1 aromatic heterocycles. The molecule has 0 spiro atoms.